The maximum absolute atomic E-state index is 10.5. The van der Waals surface area contributed by atoms with Gasteiger partial charge in [0, 0.05) is 23.5 Å². The normalized spacial score (nSPS) is 16.8. The molecule has 3 aromatic rings. The Morgan fingerprint density at radius 2 is 1.96 bits per heavy atom. The molecule has 0 bridgehead atoms. The Balaban J connectivity index is 1.67. The number of nitrogens with zero attached hydrogens (tertiary/aromatic N) is 3. The van der Waals surface area contributed by atoms with Crippen LogP contribution in [0.1, 0.15) is 29.9 Å². The molecule has 1 aromatic carbocycles. The highest BCUT2D eigenvalue weighted by molar-refractivity contribution is 7.19. The molecule has 28 heavy (non-hydrogen) atoms. The standard InChI is InChI=1S/C22H23N3O2S/c1-22(2,26)18-13-17-19(28-18)21(25-8-10-27-11-9-25)24-20(23-17)16-7-6-14-4-3-5-15(14)12-16/h3-4,6-7,12-13,26H,5,8-11H2,1-2H3. The molecule has 1 fully saturated rings. The Morgan fingerprint density at radius 1 is 1.14 bits per heavy atom. The fraction of sp³-hybridized carbons (Fsp3) is 0.364. The SMILES string of the molecule is CC(C)(O)c1cc2nc(-c3ccc4c(c3)CC=C4)nc(N3CCOCC3)c2s1. The summed E-state index contributed by atoms with van der Waals surface area (Å²) in [5, 5.41) is 10.5. The summed E-state index contributed by atoms with van der Waals surface area (Å²) in [5.74, 6) is 1.69. The number of aliphatic hydroxyl groups is 1. The fourth-order valence-corrected chi connectivity index (χ4v) is 4.85. The van der Waals surface area contributed by atoms with Crippen molar-refractivity contribution in [3.8, 4) is 11.4 Å². The number of fused-ring (bicyclic) bond motifs is 2. The maximum Gasteiger partial charge on any atom is 0.162 e. The summed E-state index contributed by atoms with van der Waals surface area (Å²) in [5.41, 5.74) is 3.63. The zero-order chi connectivity index (χ0) is 19.3. The van der Waals surface area contributed by atoms with Crippen molar-refractivity contribution in [1.82, 2.24) is 9.97 Å². The van der Waals surface area contributed by atoms with Crippen molar-refractivity contribution in [2.75, 3.05) is 31.2 Å². The predicted molar refractivity (Wildman–Crippen MR) is 114 cm³/mol. The van der Waals surface area contributed by atoms with Crippen molar-refractivity contribution in [2.24, 2.45) is 0 Å². The van der Waals surface area contributed by atoms with Gasteiger partial charge in [-0.15, -0.1) is 11.3 Å². The molecule has 0 amide bonds. The molecule has 5 nitrogen and oxygen atoms in total. The molecule has 1 aliphatic carbocycles. The Kier molecular flexibility index (Phi) is 4.23. The number of hydrogen-bond donors (Lipinski definition) is 1. The van der Waals surface area contributed by atoms with Gasteiger partial charge in [0.05, 0.1) is 29.0 Å². The molecule has 1 saturated heterocycles. The van der Waals surface area contributed by atoms with Crippen LogP contribution in [-0.2, 0) is 16.8 Å². The van der Waals surface area contributed by atoms with Gasteiger partial charge in [-0.1, -0.05) is 24.3 Å². The topological polar surface area (TPSA) is 58.5 Å². The molecule has 2 aromatic heterocycles. The van der Waals surface area contributed by atoms with Crippen molar-refractivity contribution in [3.05, 3.63) is 46.3 Å². The first-order valence-corrected chi connectivity index (χ1v) is 10.5. The third-order valence-corrected chi connectivity index (χ3v) is 6.74. The summed E-state index contributed by atoms with van der Waals surface area (Å²) in [7, 11) is 0. The highest BCUT2D eigenvalue weighted by Crippen LogP contribution is 2.38. The quantitative estimate of drug-likeness (QED) is 0.729. The van der Waals surface area contributed by atoms with Crippen molar-refractivity contribution >= 4 is 33.4 Å². The first-order valence-electron chi connectivity index (χ1n) is 9.66. The van der Waals surface area contributed by atoms with Crippen LogP contribution in [0.4, 0.5) is 5.82 Å². The number of benzene rings is 1. The maximum atomic E-state index is 10.5. The van der Waals surface area contributed by atoms with Gasteiger partial charge < -0.3 is 14.7 Å². The molecule has 0 unspecified atom stereocenters. The molecular formula is C22H23N3O2S. The summed E-state index contributed by atoms with van der Waals surface area (Å²) in [6, 6.07) is 8.45. The van der Waals surface area contributed by atoms with Crippen LogP contribution in [0.5, 0.6) is 0 Å². The molecule has 1 N–H and O–H groups in total. The number of morpholine rings is 1. The second-order valence-corrected chi connectivity index (χ2v) is 8.93. The lowest BCUT2D eigenvalue weighted by Gasteiger charge is -2.28. The lowest BCUT2D eigenvalue weighted by atomic mass is 10.1. The second-order valence-electron chi connectivity index (χ2n) is 7.87. The summed E-state index contributed by atoms with van der Waals surface area (Å²) in [6.07, 6.45) is 5.31. The zero-order valence-corrected chi connectivity index (χ0v) is 16.9. The van der Waals surface area contributed by atoms with E-state index in [-0.39, 0.29) is 0 Å². The average molecular weight is 394 g/mol. The molecule has 0 saturated carbocycles. The van der Waals surface area contributed by atoms with Crippen molar-refractivity contribution in [2.45, 2.75) is 25.9 Å². The number of aromatic nitrogens is 2. The molecule has 144 valence electrons. The van der Waals surface area contributed by atoms with Crippen LogP contribution in [0.2, 0.25) is 0 Å². The summed E-state index contributed by atoms with van der Waals surface area (Å²) < 4.78 is 6.56. The number of thiophene rings is 1. The molecule has 0 atom stereocenters. The van der Waals surface area contributed by atoms with Crippen LogP contribution < -0.4 is 4.90 Å². The average Bonchev–Trinajstić information content (AvgIpc) is 3.33. The van der Waals surface area contributed by atoms with E-state index in [4.69, 9.17) is 14.7 Å². The highest BCUT2D eigenvalue weighted by atomic mass is 32.1. The summed E-state index contributed by atoms with van der Waals surface area (Å²) in [6.45, 7) is 6.66. The van der Waals surface area contributed by atoms with Crippen LogP contribution in [0.25, 0.3) is 27.7 Å². The first kappa shape index (κ1) is 17.8. The van der Waals surface area contributed by atoms with E-state index in [9.17, 15) is 5.11 Å². The molecule has 1 aliphatic heterocycles. The monoisotopic (exact) mass is 393 g/mol. The molecular weight excluding hydrogens is 370 g/mol. The molecule has 3 heterocycles. The van der Waals surface area contributed by atoms with Gasteiger partial charge >= 0.3 is 0 Å². The fourth-order valence-electron chi connectivity index (χ4n) is 3.73. The van der Waals surface area contributed by atoms with Gasteiger partial charge in [-0.2, -0.15) is 0 Å². The molecule has 0 spiro atoms. The van der Waals surface area contributed by atoms with Crippen molar-refractivity contribution < 1.29 is 9.84 Å². The van der Waals surface area contributed by atoms with Crippen LogP contribution in [-0.4, -0.2) is 41.4 Å². The van der Waals surface area contributed by atoms with E-state index in [1.807, 2.05) is 19.9 Å². The Morgan fingerprint density at radius 3 is 2.75 bits per heavy atom. The number of anilines is 1. The van der Waals surface area contributed by atoms with E-state index in [0.29, 0.717) is 13.2 Å². The third kappa shape index (κ3) is 3.11. The zero-order valence-electron chi connectivity index (χ0n) is 16.1. The van der Waals surface area contributed by atoms with Gasteiger partial charge in [-0.05, 0) is 43.5 Å². The minimum atomic E-state index is -0.896. The van der Waals surface area contributed by atoms with Crippen LogP contribution in [0, 0.1) is 0 Å². The predicted octanol–water partition coefficient (Wildman–Crippen LogP) is 3.99. The van der Waals surface area contributed by atoms with E-state index in [0.717, 1.165) is 51.8 Å². The van der Waals surface area contributed by atoms with E-state index in [1.165, 1.54) is 11.1 Å². The van der Waals surface area contributed by atoms with Crippen LogP contribution >= 0.6 is 11.3 Å². The lowest BCUT2D eigenvalue weighted by Crippen LogP contribution is -2.36. The largest absolute Gasteiger partial charge is 0.385 e. The minimum absolute atomic E-state index is 0.703. The first-order chi connectivity index (χ1) is 13.5. The smallest absolute Gasteiger partial charge is 0.162 e. The van der Waals surface area contributed by atoms with Gasteiger partial charge in [0.1, 0.15) is 0 Å². The van der Waals surface area contributed by atoms with Crippen LogP contribution in [0.15, 0.2) is 30.3 Å². The van der Waals surface area contributed by atoms with Gasteiger partial charge in [-0.3, -0.25) is 0 Å². The van der Waals surface area contributed by atoms with Gasteiger partial charge in [0.2, 0.25) is 0 Å². The van der Waals surface area contributed by atoms with Gasteiger partial charge in [0.15, 0.2) is 11.6 Å². The number of rotatable bonds is 3. The lowest BCUT2D eigenvalue weighted by molar-refractivity contribution is 0.0826. The summed E-state index contributed by atoms with van der Waals surface area (Å²) in [4.78, 5) is 13.0. The Labute approximate surface area is 168 Å². The van der Waals surface area contributed by atoms with Crippen molar-refractivity contribution in [3.63, 3.8) is 0 Å². The van der Waals surface area contributed by atoms with E-state index in [2.05, 4.69) is 35.3 Å². The molecule has 0 radical (unpaired) electrons. The summed E-state index contributed by atoms with van der Waals surface area (Å²) >= 11 is 1.58. The van der Waals surface area contributed by atoms with Crippen molar-refractivity contribution in [1.29, 1.82) is 0 Å². The van der Waals surface area contributed by atoms with Crippen LogP contribution in [0.3, 0.4) is 0 Å². The molecule has 2 aliphatic rings. The third-order valence-electron chi connectivity index (χ3n) is 5.30. The molecule has 6 heteroatoms. The Hall–Kier alpha value is -2.28. The van der Waals surface area contributed by atoms with E-state index in [1.54, 1.807) is 11.3 Å². The Bertz CT molecular complexity index is 1080. The van der Waals surface area contributed by atoms with E-state index >= 15 is 0 Å². The van der Waals surface area contributed by atoms with Gasteiger partial charge in [-0.25, -0.2) is 9.97 Å². The highest BCUT2D eigenvalue weighted by Gasteiger charge is 2.24. The van der Waals surface area contributed by atoms with Gasteiger partial charge in [0.25, 0.3) is 0 Å². The number of hydrogen-bond acceptors (Lipinski definition) is 6. The second kappa shape index (κ2) is 6.65. The number of ether oxygens (including phenoxy) is 1. The van der Waals surface area contributed by atoms with E-state index < -0.39 is 5.60 Å². The minimum Gasteiger partial charge on any atom is -0.385 e. The molecule has 5 rings (SSSR count). The number of allylic oxidation sites excluding steroid dienone is 1.